The lowest BCUT2D eigenvalue weighted by Crippen LogP contribution is -2.57. The summed E-state index contributed by atoms with van der Waals surface area (Å²) in [5.41, 5.74) is 0.0907. The van der Waals surface area contributed by atoms with Crippen molar-refractivity contribution < 1.29 is 33.8 Å². The average molecular weight is 608 g/mol. The fourth-order valence-electron chi connectivity index (χ4n) is 4.36. The number of nitrogens with zero attached hydrogens (tertiary/aromatic N) is 1. The molecule has 0 heterocycles. The third-order valence-electron chi connectivity index (χ3n) is 6.19. The van der Waals surface area contributed by atoms with Crippen LogP contribution in [0.3, 0.4) is 0 Å². The molecule has 3 N–H and O–H groups in total. The van der Waals surface area contributed by atoms with Gasteiger partial charge in [0.15, 0.2) is 0 Å². The molecule has 2 rings (SSSR count). The van der Waals surface area contributed by atoms with E-state index in [1.165, 1.54) is 4.90 Å². The summed E-state index contributed by atoms with van der Waals surface area (Å²) in [5, 5.41) is 15.3. The lowest BCUT2D eigenvalue weighted by molar-refractivity contribution is -0.159. The van der Waals surface area contributed by atoms with Gasteiger partial charge < -0.3 is 30.1 Å². The van der Waals surface area contributed by atoms with E-state index >= 15 is 0 Å². The van der Waals surface area contributed by atoms with Gasteiger partial charge in [-0.2, -0.15) is 0 Å². The minimum atomic E-state index is -1.42. The molecule has 10 heteroatoms. The van der Waals surface area contributed by atoms with E-state index in [2.05, 4.69) is 16.6 Å². The van der Waals surface area contributed by atoms with Crippen LogP contribution in [0.2, 0.25) is 0 Å². The Balaban J connectivity index is 2.56. The van der Waals surface area contributed by atoms with Crippen molar-refractivity contribution in [2.75, 3.05) is 6.61 Å². The van der Waals surface area contributed by atoms with Gasteiger partial charge in [0, 0.05) is 18.0 Å². The number of ether oxygens (including phenoxy) is 2. The zero-order valence-corrected chi connectivity index (χ0v) is 26.8. The van der Waals surface area contributed by atoms with E-state index in [9.17, 15) is 24.3 Å². The number of carbonyl (C=O) groups is 4. The second kappa shape index (κ2) is 15.4. The minimum absolute atomic E-state index is 0.138. The molecule has 0 aliphatic heterocycles. The number of benzene rings is 2. The van der Waals surface area contributed by atoms with Gasteiger partial charge >= 0.3 is 12.1 Å². The normalized spacial score (nSPS) is 13.6. The smallest absolute Gasteiger partial charge is 0.408 e. The van der Waals surface area contributed by atoms with Crippen LogP contribution in [0.4, 0.5) is 4.79 Å². The van der Waals surface area contributed by atoms with E-state index in [0.29, 0.717) is 11.1 Å². The number of terminal acetylenes is 1. The van der Waals surface area contributed by atoms with Crippen molar-refractivity contribution in [3.63, 3.8) is 0 Å². The van der Waals surface area contributed by atoms with E-state index in [0.717, 1.165) is 5.56 Å². The van der Waals surface area contributed by atoms with E-state index in [-0.39, 0.29) is 6.42 Å². The van der Waals surface area contributed by atoms with Gasteiger partial charge in [0.1, 0.15) is 29.3 Å². The van der Waals surface area contributed by atoms with Crippen LogP contribution in [0.1, 0.15) is 78.1 Å². The first kappa shape index (κ1) is 35.8. The highest BCUT2D eigenvalue weighted by Gasteiger charge is 2.39. The van der Waals surface area contributed by atoms with Crippen molar-refractivity contribution in [1.29, 1.82) is 0 Å². The Morgan fingerprint density at radius 1 is 0.864 bits per heavy atom. The molecule has 0 fully saturated rings. The molecule has 0 saturated carbocycles. The first-order valence-electron chi connectivity index (χ1n) is 14.5. The molecular formula is C34H45N3O7. The summed E-state index contributed by atoms with van der Waals surface area (Å²) in [4.78, 5) is 55.3. The molecule has 0 saturated heterocycles. The van der Waals surface area contributed by atoms with Crippen LogP contribution >= 0.6 is 0 Å². The molecule has 3 atom stereocenters. The van der Waals surface area contributed by atoms with Crippen molar-refractivity contribution in [3.8, 4) is 12.3 Å². The fourth-order valence-corrected chi connectivity index (χ4v) is 4.36. The molecule has 0 bridgehead atoms. The maximum atomic E-state index is 14.2. The SMILES string of the molecule is C#Cc1ccc(C(C(=O)NC(Cc2ccccc2)C(=O)OC(C)(C)C)N(C(=O)C(CO)NC(=O)OC(C)(C)C)C(C)C)cc1. The van der Waals surface area contributed by atoms with Gasteiger partial charge in [-0.05, 0) is 78.6 Å². The Morgan fingerprint density at radius 3 is 1.91 bits per heavy atom. The van der Waals surface area contributed by atoms with Gasteiger partial charge in [-0.1, -0.05) is 48.4 Å². The van der Waals surface area contributed by atoms with Crippen LogP contribution in [0.25, 0.3) is 0 Å². The molecule has 3 unspecified atom stereocenters. The van der Waals surface area contributed by atoms with Crippen LogP contribution in [0.5, 0.6) is 0 Å². The number of amides is 3. The van der Waals surface area contributed by atoms with E-state index in [1.807, 2.05) is 30.3 Å². The standard InChI is InChI=1S/C34H45N3O7/c1-10-23-16-18-25(19-17-23)28(37(22(2)3)30(40)27(21-38)36-32(42)44-34(7,8)9)29(39)35-26(31(41)43-33(4,5)6)20-24-14-12-11-13-15-24/h1,11-19,22,26-28,38H,20-21H2,2-9H3,(H,35,39)(H,36,42). The highest BCUT2D eigenvalue weighted by Crippen LogP contribution is 2.26. The molecule has 0 radical (unpaired) electrons. The second-order valence-corrected chi connectivity index (χ2v) is 12.7. The number of carbonyl (C=O) groups excluding carboxylic acids is 4. The molecule has 2 aromatic carbocycles. The number of aliphatic hydroxyl groups is 1. The zero-order valence-electron chi connectivity index (χ0n) is 26.8. The van der Waals surface area contributed by atoms with Crippen molar-refractivity contribution in [2.24, 2.45) is 0 Å². The molecule has 0 aliphatic rings. The van der Waals surface area contributed by atoms with Crippen LogP contribution in [0, 0.1) is 12.3 Å². The lowest BCUT2D eigenvalue weighted by atomic mass is 9.98. The van der Waals surface area contributed by atoms with E-state index in [1.54, 1.807) is 79.7 Å². The summed E-state index contributed by atoms with van der Waals surface area (Å²) in [7, 11) is 0. The van der Waals surface area contributed by atoms with Crippen molar-refractivity contribution in [3.05, 3.63) is 71.3 Å². The topological polar surface area (TPSA) is 134 Å². The molecule has 238 valence electrons. The Hall–Kier alpha value is -4.36. The number of rotatable bonds is 11. The summed E-state index contributed by atoms with van der Waals surface area (Å²) in [6, 6.07) is 11.3. The number of hydrogen-bond acceptors (Lipinski definition) is 7. The summed E-state index contributed by atoms with van der Waals surface area (Å²) in [5.74, 6) is 0.488. The van der Waals surface area contributed by atoms with Crippen LogP contribution in [0.15, 0.2) is 54.6 Å². The van der Waals surface area contributed by atoms with Crippen LogP contribution < -0.4 is 10.6 Å². The molecule has 10 nitrogen and oxygen atoms in total. The predicted molar refractivity (Wildman–Crippen MR) is 167 cm³/mol. The van der Waals surface area contributed by atoms with E-state index < -0.39 is 65.9 Å². The second-order valence-electron chi connectivity index (χ2n) is 12.7. The van der Waals surface area contributed by atoms with E-state index in [4.69, 9.17) is 15.9 Å². The van der Waals surface area contributed by atoms with Gasteiger partial charge in [-0.3, -0.25) is 9.59 Å². The monoisotopic (exact) mass is 607 g/mol. The van der Waals surface area contributed by atoms with Crippen molar-refractivity contribution in [2.45, 2.75) is 97.2 Å². The number of alkyl carbamates (subject to hydrolysis) is 1. The Kier molecular flexibility index (Phi) is 12.5. The van der Waals surface area contributed by atoms with Crippen LogP contribution in [-0.4, -0.2) is 69.8 Å². The van der Waals surface area contributed by atoms with Gasteiger partial charge in [0.25, 0.3) is 0 Å². The maximum Gasteiger partial charge on any atom is 0.408 e. The Morgan fingerprint density at radius 2 is 1.43 bits per heavy atom. The predicted octanol–water partition coefficient (Wildman–Crippen LogP) is 3.90. The number of hydrogen-bond donors (Lipinski definition) is 3. The molecule has 0 spiro atoms. The Bertz CT molecular complexity index is 1320. The quantitative estimate of drug-likeness (QED) is 0.261. The molecular weight excluding hydrogens is 562 g/mol. The van der Waals surface area contributed by atoms with Crippen molar-refractivity contribution in [1.82, 2.24) is 15.5 Å². The summed E-state index contributed by atoms with van der Waals surface area (Å²) < 4.78 is 10.9. The minimum Gasteiger partial charge on any atom is -0.458 e. The molecule has 0 aromatic heterocycles. The summed E-state index contributed by atoms with van der Waals surface area (Å²) >= 11 is 0. The summed E-state index contributed by atoms with van der Waals surface area (Å²) in [6.45, 7) is 12.8. The molecule has 0 aliphatic carbocycles. The zero-order chi connectivity index (χ0) is 33.2. The first-order valence-corrected chi connectivity index (χ1v) is 14.5. The third kappa shape index (κ3) is 11.0. The van der Waals surface area contributed by atoms with Gasteiger partial charge in [-0.15, -0.1) is 6.42 Å². The third-order valence-corrected chi connectivity index (χ3v) is 6.19. The fraction of sp³-hybridized carbons (Fsp3) is 0.471. The van der Waals surface area contributed by atoms with Crippen LogP contribution in [-0.2, 0) is 30.3 Å². The largest absolute Gasteiger partial charge is 0.458 e. The van der Waals surface area contributed by atoms with Gasteiger partial charge in [0.05, 0.1) is 6.61 Å². The van der Waals surface area contributed by atoms with Crippen molar-refractivity contribution >= 4 is 23.9 Å². The van der Waals surface area contributed by atoms with Gasteiger partial charge in [-0.25, -0.2) is 9.59 Å². The first-order chi connectivity index (χ1) is 20.5. The Labute approximate surface area is 260 Å². The average Bonchev–Trinajstić information content (AvgIpc) is 2.92. The molecule has 44 heavy (non-hydrogen) atoms. The highest BCUT2D eigenvalue weighted by molar-refractivity contribution is 5.94. The number of esters is 1. The van der Waals surface area contributed by atoms with Gasteiger partial charge in [0.2, 0.25) is 11.8 Å². The molecule has 2 aromatic rings. The number of aliphatic hydroxyl groups excluding tert-OH is 1. The lowest BCUT2D eigenvalue weighted by Gasteiger charge is -2.37. The maximum absolute atomic E-state index is 14.2. The highest BCUT2D eigenvalue weighted by atomic mass is 16.6. The number of nitrogens with one attached hydrogen (secondary N) is 2. The summed E-state index contributed by atoms with van der Waals surface area (Å²) in [6.07, 6.45) is 4.77. The molecule has 3 amide bonds.